The average molecular weight is 510 g/mol. The minimum atomic E-state index is -1.13. The first kappa shape index (κ1) is 23.3. The van der Waals surface area contributed by atoms with Gasteiger partial charge in [-0.15, -0.1) is 0 Å². The molecule has 0 saturated carbocycles. The molecular formula is C26H24ClN3O4S. The number of amides is 1. The zero-order chi connectivity index (χ0) is 24.7. The Morgan fingerprint density at radius 2 is 1.71 bits per heavy atom. The zero-order valence-electron chi connectivity index (χ0n) is 19.4. The van der Waals surface area contributed by atoms with Gasteiger partial charge in [-0.3, -0.25) is 9.69 Å². The van der Waals surface area contributed by atoms with Gasteiger partial charge in [0.1, 0.15) is 23.2 Å². The Kier molecular flexibility index (Phi) is 5.94. The number of anilines is 2. The van der Waals surface area contributed by atoms with Gasteiger partial charge in [0.15, 0.2) is 10.8 Å². The van der Waals surface area contributed by atoms with E-state index < -0.39 is 17.7 Å². The Labute approximate surface area is 213 Å². The Hall–Kier alpha value is -3.49. The number of rotatable bonds is 5. The van der Waals surface area contributed by atoms with Gasteiger partial charge in [-0.25, -0.2) is 0 Å². The molecule has 2 aliphatic rings. The van der Waals surface area contributed by atoms with E-state index in [4.69, 9.17) is 38.0 Å². The maximum absolute atomic E-state index is 13.9. The first-order valence-corrected chi connectivity index (χ1v) is 11.8. The number of carbonyl (C=O) groups excluding carboxylic acids is 1. The fourth-order valence-electron chi connectivity index (χ4n) is 4.76. The number of halogens is 1. The van der Waals surface area contributed by atoms with Crippen LogP contribution in [0.4, 0.5) is 11.4 Å². The van der Waals surface area contributed by atoms with Crippen molar-refractivity contribution in [2.24, 2.45) is 5.92 Å². The largest absolute Gasteiger partial charge is 0.497 e. The molecule has 1 fully saturated rings. The Morgan fingerprint density at radius 1 is 1.06 bits per heavy atom. The van der Waals surface area contributed by atoms with Gasteiger partial charge < -0.3 is 24.8 Å². The zero-order valence-corrected chi connectivity index (χ0v) is 20.9. The second-order valence-corrected chi connectivity index (χ2v) is 9.32. The Morgan fingerprint density at radius 3 is 2.37 bits per heavy atom. The first-order chi connectivity index (χ1) is 16.8. The lowest BCUT2D eigenvalue weighted by atomic mass is 9.78. The molecule has 2 heterocycles. The standard InChI is InChI=1S/C26H24ClN3O4S/c1-26-22(24(31)28-16-6-10-18(32-2)11-7-16)23(20-14-19(33-3)12-13-21(20)34-26)29-25(35)30(26)17-8-4-15(27)5-9-17/h4-14,22-23H,1-3H3,(H,28,31)(H,29,35). The van der Waals surface area contributed by atoms with Crippen molar-refractivity contribution in [3.05, 3.63) is 77.3 Å². The lowest BCUT2D eigenvalue weighted by molar-refractivity contribution is -0.130. The number of fused-ring (bicyclic) bond motifs is 4. The van der Waals surface area contributed by atoms with Crippen molar-refractivity contribution in [3.63, 3.8) is 0 Å². The van der Waals surface area contributed by atoms with E-state index >= 15 is 0 Å². The topological polar surface area (TPSA) is 72.1 Å². The van der Waals surface area contributed by atoms with Crippen LogP contribution >= 0.6 is 23.8 Å². The molecule has 1 saturated heterocycles. The summed E-state index contributed by atoms with van der Waals surface area (Å²) in [6, 6.07) is 19.6. The van der Waals surface area contributed by atoms with Crippen molar-refractivity contribution in [2.45, 2.75) is 18.7 Å². The van der Waals surface area contributed by atoms with E-state index in [9.17, 15) is 4.79 Å². The quantitative estimate of drug-likeness (QED) is 0.460. The average Bonchev–Trinajstić information content (AvgIpc) is 2.85. The molecule has 3 aromatic rings. The van der Waals surface area contributed by atoms with Gasteiger partial charge in [-0.2, -0.15) is 0 Å². The van der Waals surface area contributed by atoms with Crippen LogP contribution in [0, 0.1) is 5.92 Å². The third-order valence-corrected chi connectivity index (χ3v) is 6.98. The van der Waals surface area contributed by atoms with Crippen LogP contribution < -0.4 is 29.7 Å². The number of methoxy groups -OCH3 is 2. The van der Waals surface area contributed by atoms with Gasteiger partial charge in [0, 0.05) is 22.0 Å². The summed E-state index contributed by atoms with van der Waals surface area (Å²) < 4.78 is 17.3. The fraction of sp³-hybridized carbons (Fsp3) is 0.231. The second-order valence-electron chi connectivity index (χ2n) is 8.49. The maximum Gasteiger partial charge on any atom is 0.236 e. The van der Waals surface area contributed by atoms with Gasteiger partial charge in [0.25, 0.3) is 0 Å². The SMILES string of the molecule is COc1ccc(NC(=O)C2C3NC(=S)N(c4ccc(Cl)cc4)C2(C)Oc2ccc(OC)cc23)cc1. The van der Waals surface area contributed by atoms with Crippen LogP contribution in [0.15, 0.2) is 66.7 Å². The first-order valence-electron chi connectivity index (χ1n) is 11.0. The summed E-state index contributed by atoms with van der Waals surface area (Å²) in [5.74, 6) is 1.13. The highest BCUT2D eigenvalue weighted by Gasteiger charge is 2.59. The van der Waals surface area contributed by atoms with Crippen LogP contribution in [0.5, 0.6) is 17.2 Å². The van der Waals surface area contributed by atoms with Crippen LogP contribution in [0.2, 0.25) is 5.02 Å². The predicted octanol–water partition coefficient (Wildman–Crippen LogP) is 5.16. The molecule has 2 aliphatic heterocycles. The summed E-state index contributed by atoms with van der Waals surface area (Å²) in [6.07, 6.45) is 0. The molecule has 0 aromatic heterocycles. The highest BCUT2D eigenvalue weighted by Crippen LogP contribution is 2.50. The van der Waals surface area contributed by atoms with Gasteiger partial charge in [-0.1, -0.05) is 11.6 Å². The molecule has 1 amide bonds. The van der Waals surface area contributed by atoms with Gasteiger partial charge in [0.2, 0.25) is 5.91 Å². The molecular weight excluding hydrogens is 486 g/mol. The molecule has 5 rings (SSSR count). The number of benzene rings is 3. The normalized spacial score (nSPS) is 22.4. The van der Waals surface area contributed by atoms with Crippen molar-refractivity contribution >= 4 is 46.2 Å². The minimum Gasteiger partial charge on any atom is -0.497 e. The van der Waals surface area contributed by atoms with Crippen molar-refractivity contribution in [2.75, 3.05) is 24.4 Å². The summed E-state index contributed by atoms with van der Waals surface area (Å²) >= 11 is 11.9. The molecule has 9 heteroatoms. The lowest BCUT2D eigenvalue weighted by Crippen LogP contribution is -2.72. The summed E-state index contributed by atoms with van der Waals surface area (Å²) in [4.78, 5) is 15.7. The van der Waals surface area contributed by atoms with Crippen molar-refractivity contribution in [3.8, 4) is 17.2 Å². The lowest BCUT2D eigenvalue weighted by Gasteiger charge is -2.56. The molecule has 0 spiro atoms. The third-order valence-electron chi connectivity index (χ3n) is 6.43. The number of carbonyl (C=O) groups is 1. The molecule has 3 aromatic carbocycles. The van der Waals surface area contributed by atoms with E-state index in [1.54, 1.807) is 50.6 Å². The van der Waals surface area contributed by atoms with E-state index in [0.717, 1.165) is 11.3 Å². The molecule has 180 valence electrons. The van der Waals surface area contributed by atoms with Crippen molar-refractivity contribution in [1.29, 1.82) is 0 Å². The van der Waals surface area contributed by atoms with Crippen LogP contribution in [0.25, 0.3) is 0 Å². The van der Waals surface area contributed by atoms with Crippen molar-refractivity contribution < 1.29 is 19.0 Å². The monoisotopic (exact) mass is 509 g/mol. The fourth-order valence-corrected chi connectivity index (χ4v) is 5.30. The van der Waals surface area contributed by atoms with Crippen molar-refractivity contribution in [1.82, 2.24) is 5.32 Å². The minimum absolute atomic E-state index is 0.217. The van der Waals surface area contributed by atoms with Gasteiger partial charge in [-0.05, 0) is 85.9 Å². The van der Waals surface area contributed by atoms with Gasteiger partial charge in [0.05, 0.1) is 20.3 Å². The number of nitrogens with zero attached hydrogens (tertiary/aromatic N) is 1. The molecule has 7 nitrogen and oxygen atoms in total. The number of hydrogen-bond donors (Lipinski definition) is 2. The van der Waals surface area contributed by atoms with Gasteiger partial charge >= 0.3 is 0 Å². The number of thiocarbonyl (C=S) groups is 1. The van der Waals surface area contributed by atoms with Crippen LogP contribution in [-0.4, -0.2) is 31.0 Å². The van der Waals surface area contributed by atoms with Crippen LogP contribution in [-0.2, 0) is 4.79 Å². The molecule has 35 heavy (non-hydrogen) atoms. The molecule has 0 radical (unpaired) electrons. The Balaban J connectivity index is 1.60. The van der Waals surface area contributed by atoms with Crippen LogP contribution in [0.3, 0.4) is 0 Å². The Bertz CT molecular complexity index is 1280. The van der Waals surface area contributed by atoms with Crippen LogP contribution in [0.1, 0.15) is 18.5 Å². The van der Waals surface area contributed by atoms with E-state index in [1.807, 2.05) is 42.2 Å². The predicted molar refractivity (Wildman–Crippen MR) is 140 cm³/mol. The summed E-state index contributed by atoms with van der Waals surface area (Å²) in [7, 11) is 3.20. The summed E-state index contributed by atoms with van der Waals surface area (Å²) in [5.41, 5.74) is 1.08. The highest BCUT2D eigenvalue weighted by molar-refractivity contribution is 7.80. The number of hydrogen-bond acceptors (Lipinski definition) is 5. The third kappa shape index (κ3) is 4.02. The molecule has 0 aliphatic carbocycles. The smallest absolute Gasteiger partial charge is 0.236 e. The molecule has 3 atom stereocenters. The summed E-state index contributed by atoms with van der Waals surface area (Å²) in [6.45, 7) is 1.88. The van der Waals surface area contributed by atoms with E-state index in [1.165, 1.54) is 0 Å². The van der Waals surface area contributed by atoms with E-state index in [2.05, 4.69) is 10.6 Å². The number of nitrogens with one attached hydrogen (secondary N) is 2. The molecule has 3 unspecified atom stereocenters. The summed E-state index contributed by atoms with van der Waals surface area (Å²) in [5, 5.41) is 7.47. The van der Waals surface area contributed by atoms with E-state index in [-0.39, 0.29) is 5.91 Å². The molecule has 2 bridgehead atoms. The second kappa shape index (κ2) is 8.94. The molecule has 2 N–H and O–H groups in total. The highest BCUT2D eigenvalue weighted by atomic mass is 35.5. The number of ether oxygens (including phenoxy) is 3. The maximum atomic E-state index is 13.9. The van der Waals surface area contributed by atoms with E-state index in [0.29, 0.717) is 33.1 Å².